The number of nitrogens with zero attached hydrogens (tertiary/aromatic N) is 2. The molecule has 1 aromatic heterocycles. The van der Waals surface area contributed by atoms with Gasteiger partial charge in [-0.05, 0) is 43.0 Å². The van der Waals surface area contributed by atoms with Crippen molar-refractivity contribution in [2.24, 2.45) is 0 Å². The summed E-state index contributed by atoms with van der Waals surface area (Å²) in [5.41, 5.74) is 7.23. The number of thiazole rings is 1. The minimum atomic E-state index is -4.37. The highest BCUT2D eigenvalue weighted by Gasteiger charge is 2.35. The van der Waals surface area contributed by atoms with Crippen LogP contribution < -0.4 is 10.9 Å². The van der Waals surface area contributed by atoms with E-state index in [2.05, 4.69) is 15.8 Å². The van der Waals surface area contributed by atoms with Gasteiger partial charge in [-0.15, -0.1) is 11.3 Å². The maximum atomic E-state index is 13.0. The van der Waals surface area contributed by atoms with Gasteiger partial charge in [-0.2, -0.15) is 13.2 Å². The molecule has 0 aliphatic carbocycles. The standard InChI is InChI=1S/C23H23F3N4OS/c24-23(25,26)16-6-7-20-18(12-16)27-21(32-20)15-8-10-30(11-9-15)22(31)19-13-17(28-29-19)14-4-2-1-3-5-14/h1-7,12,15,17,19,28-29H,8-11,13H2. The van der Waals surface area contributed by atoms with Crippen LogP contribution in [0.1, 0.15) is 47.4 Å². The van der Waals surface area contributed by atoms with E-state index in [1.807, 2.05) is 35.2 Å². The predicted molar refractivity (Wildman–Crippen MR) is 117 cm³/mol. The van der Waals surface area contributed by atoms with Gasteiger partial charge in [-0.25, -0.2) is 15.8 Å². The van der Waals surface area contributed by atoms with E-state index < -0.39 is 11.7 Å². The highest BCUT2D eigenvalue weighted by atomic mass is 32.1. The highest BCUT2D eigenvalue weighted by Crippen LogP contribution is 2.37. The van der Waals surface area contributed by atoms with Gasteiger partial charge in [0, 0.05) is 25.0 Å². The Kier molecular flexibility index (Phi) is 5.65. The van der Waals surface area contributed by atoms with Crippen LogP contribution in [0.5, 0.6) is 0 Å². The van der Waals surface area contributed by atoms with Gasteiger partial charge in [0.1, 0.15) is 6.04 Å². The lowest BCUT2D eigenvalue weighted by atomic mass is 9.96. The molecular weight excluding hydrogens is 437 g/mol. The molecular formula is C23H23F3N4OS. The van der Waals surface area contributed by atoms with Crippen molar-refractivity contribution in [1.82, 2.24) is 20.7 Å². The molecule has 0 spiro atoms. The van der Waals surface area contributed by atoms with Crippen LogP contribution in [0.4, 0.5) is 13.2 Å². The third-order valence-corrected chi connectivity index (χ3v) is 7.49. The van der Waals surface area contributed by atoms with E-state index in [0.29, 0.717) is 25.0 Å². The number of carbonyl (C=O) groups is 1. The zero-order chi connectivity index (χ0) is 22.3. The average molecular weight is 461 g/mol. The first-order chi connectivity index (χ1) is 15.4. The molecule has 2 unspecified atom stereocenters. The summed E-state index contributed by atoms with van der Waals surface area (Å²) < 4.78 is 39.7. The predicted octanol–water partition coefficient (Wildman–Crippen LogP) is 4.63. The Balaban J connectivity index is 1.20. The zero-order valence-corrected chi connectivity index (χ0v) is 18.0. The van der Waals surface area contributed by atoms with E-state index in [4.69, 9.17) is 0 Å². The number of amides is 1. The number of hydrazine groups is 1. The Morgan fingerprint density at radius 3 is 2.53 bits per heavy atom. The third kappa shape index (κ3) is 4.24. The quantitative estimate of drug-likeness (QED) is 0.599. The summed E-state index contributed by atoms with van der Waals surface area (Å²) in [4.78, 5) is 19.4. The van der Waals surface area contributed by atoms with Crippen molar-refractivity contribution >= 4 is 27.5 Å². The van der Waals surface area contributed by atoms with Gasteiger partial charge in [0.25, 0.3) is 0 Å². The molecule has 2 N–H and O–H groups in total. The number of aromatic nitrogens is 1. The largest absolute Gasteiger partial charge is 0.416 e. The molecule has 2 saturated heterocycles. The number of hydrogen-bond donors (Lipinski definition) is 2. The van der Waals surface area contributed by atoms with Gasteiger partial charge < -0.3 is 4.90 Å². The van der Waals surface area contributed by atoms with E-state index >= 15 is 0 Å². The third-order valence-electron chi connectivity index (χ3n) is 6.29. The van der Waals surface area contributed by atoms with Gasteiger partial charge in [0.2, 0.25) is 5.91 Å². The second-order valence-corrected chi connectivity index (χ2v) is 9.43. The first-order valence-corrected chi connectivity index (χ1v) is 11.5. The zero-order valence-electron chi connectivity index (χ0n) is 17.2. The number of fused-ring (bicyclic) bond motifs is 1. The van der Waals surface area contributed by atoms with E-state index in [-0.39, 0.29) is 23.9 Å². The fourth-order valence-corrected chi connectivity index (χ4v) is 5.60. The number of carbonyl (C=O) groups excluding carboxylic acids is 1. The molecule has 5 rings (SSSR count). The minimum absolute atomic E-state index is 0.0912. The Morgan fingerprint density at radius 1 is 1.06 bits per heavy atom. The van der Waals surface area contributed by atoms with E-state index in [1.54, 1.807) is 0 Å². The number of benzene rings is 2. The van der Waals surface area contributed by atoms with Crippen molar-refractivity contribution in [2.75, 3.05) is 13.1 Å². The number of nitrogens with one attached hydrogen (secondary N) is 2. The van der Waals surface area contributed by atoms with Crippen LogP contribution in [-0.4, -0.2) is 34.9 Å². The van der Waals surface area contributed by atoms with Crippen molar-refractivity contribution in [3.8, 4) is 0 Å². The normalized spacial score (nSPS) is 22.5. The molecule has 9 heteroatoms. The molecule has 0 bridgehead atoms. The number of halogens is 3. The molecule has 2 aliphatic heterocycles. The van der Waals surface area contributed by atoms with Crippen molar-refractivity contribution in [1.29, 1.82) is 0 Å². The molecule has 5 nitrogen and oxygen atoms in total. The van der Waals surface area contributed by atoms with Gasteiger partial charge in [0.15, 0.2) is 0 Å². The topological polar surface area (TPSA) is 57.3 Å². The number of alkyl halides is 3. The fraction of sp³-hybridized carbons (Fsp3) is 0.391. The molecule has 2 aromatic carbocycles. The van der Waals surface area contributed by atoms with Crippen molar-refractivity contribution in [3.63, 3.8) is 0 Å². The Morgan fingerprint density at radius 2 is 1.81 bits per heavy atom. The van der Waals surface area contributed by atoms with Crippen LogP contribution in [0.3, 0.4) is 0 Å². The summed E-state index contributed by atoms with van der Waals surface area (Å²) in [6, 6.07) is 13.6. The van der Waals surface area contributed by atoms with Crippen LogP contribution in [0.25, 0.3) is 10.2 Å². The molecule has 1 amide bonds. The molecule has 32 heavy (non-hydrogen) atoms. The van der Waals surface area contributed by atoms with E-state index in [9.17, 15) is 18.0 Å². The summed E-state index contributed by atoms with van der Waals surface area (Å²) in [6.07, 6.45) is -2.14. The van der Waals surface area contributed by atoms with Crippen LogP contribution in [-0.2, 0) is 11.0 Å². The molecule has 3 heterocycles. The van der Waals surface area contributed by atoms with Crippen LogP contribution >= 0.6 is 11.3 Å². The number of hydrogen-bond acceptors (Lipinski definition) is 5. The van der Waals surface area contributed by atoms with Gasteiger partial charge >= 0.3 is 6.18 Å². The first kappa shape index (κ1) is 21.4. The molecule has 2 aliphatic rings. The highest BCUT2D eigenvalue weighted by molar-refractivity contribution is 7.18. The summed E-state index contributed by atoms with van der Waals surface area (Å²) >= 11 is 1.45. The number of piperidine rings is 1. The SMILES string of the molecule is O=C(C1CC(c2ccccc2)NN1)N1CCC(c2nc3cc(C(F)(F)F)ccc3s2)CC1. The van der Waals surface area contributed by atoms with Crippen molar-refractivity contribution in [3.05, 3.63) is 64.7 Å². The average Bonchev–Trinajstić information content (AvgIpc) is 3.46. The second-order valence-electron chi connectivity index (χ2n) is 8.37. The van der Waals surface area contributed by atoms with Gasteiger partial charge in [0.05, 0.1) is 20.8 Å². The molecule has 2 fully saturated rings. The van der Waals surface area contributed by atoms with Crippen LogP contribution in [0.2, 0.25) is 0 Å². The van der Waals surface area contributed by atoms with Crippen molar-refractivity contribution < 1.29 is 18.0 Å². The molecule has 0 saturated carbocycles. The Hall–Kier alpha value is -2.49. The van der Waals surface area contributed by atoms with Gasteiger partial charge in [-0.3, -0.25) is 4.79 Å². The van der Waals surface area contributed by atoms with E-state index in [1.165, 1.54) is 17.4 Å². The van der Waals surface area contributed by atoms with Crippen LogP contribution in [0, 0.1) is 0 Å². The lowest BCUT2D eigenvalue weighted by Gasteiger charge is -2.32. The molecule has 168 valence electrons. The Bertz CT molecular complexity index is 1110. The van der Waals surface area contributed by atoms with Crippen molar-refractivity contribution in [2.45, 2.75) is 43.4 Å². The fourth-order valence-electron chi connectivity index (χ4n) is 4.49. The smallest absolute Gasteiger partial charge is 0.341 e. The summed E-state index contributed by atoms with van der Waals surface area (Å²) in [5.74, 6) is 0.256. The molecule has 0 radical (unpaired) electrons. The Labute approximate surface area is 187 Å². The number of likely N-dealkylation sites (tertiary alicyclic amines) is 1. The monoisotopic (exact) mass is 460 g/mol. The maximum Gasteiger partial charge on any atom is 0.416 e. The first-order valence-electron chi connectivity index (χ1n) is 10.7. The second kappa shape index (κ2) is 8.46. The minimum Gasteiger partial charge on any atom is -0.341 e. The lowest BCUT2D eigenvalue weighted by molar-refractivity contribution is -0.137. The van der Waals surface area contributed by atoms with E-state index in [0.717, 1.165) is 40.2 Å². The summed E-state index contributed by atoms with van der Waals surface area (Å²) in [5, 5.41) is 0.858. The lowest BCUT2D eigenvalue weighted by Crippen LogP contribution is -2.48. The molecule has 2 atom stereocenters. The van der Waals surface area contributed by atoms with Gasteiger partial charge in [-0.1, -0.05) is 30.3 Å². The van der Waals surface area contributed by atoms with Crippen LogP contribution in [0.15, 0.2) is 48.5 Å². The summed E-state index contributed by atoms with van der Waals surface area (Å²) in [6.45, 7) is 1.25. The number of rotatable bonds is 3. The maximum absolute atomic E-state index is 13.0. The summed E-state index contributed by atoms with van der Waals surface area (Å²) in [7, 11) is 0. The molecule has 3 aromatic rings.